The molecule has 0 N–H and O–H groups in total. The predicted octanol–water partition coefficient (Wildman–Crippen LogP) is 7.09. The quantitative estimate of drug-likeness (QED) is 0.341. The second kappa shape index (κ2) is 11.6. The Labute approximate surface area is 166 Å². The molecular weight excluding hydrogens is 350 g/mol. The predicted molar refractivity (Wildman–Crippen MR) is 123 cm³/mol. The third-order valence-corrected chi connectivity index (χ3v) is 11.3. The first-order valence-corrected chi connectivity index (χ1v) is 13.2. The second-order valence-corrected chi connectivity index (χ2v) is 12.1. The van der Waals surface area contributed by atoms with Crippen LogP contribution in [0.4, 0.5) is 4.39 Å². The number of hydrogen-bond donors (Lipinski definition) is 0. The third kappa shape index (κ3) is 5.64. The molecule has 0 aliphatic carbocycles. The summed E-state index contributed by atoms with van der Waals surface area (Å²) in [5, 5.41) is 2.53. The summed E-state index contributed by atoms with van der Waals surface area (Å²) in [5.74, 6) is -0.00550. The van der Waals surface area contributed by atoms with Crippen LogP contribution in [0.15, 0.2) is 60.7 Å². The molecule has 0 aromatic heterocycles. The molecule has 150 valence electrons. The standard InChI is InChI=1S/C25H38FP/c1-4-7-15-22(6-3)20-21-27(25(26)14-5-2,23-16-10-8-11-17-23)24-18-12-9-13-19-24/h8-13,16-19,22,25,27H,4-7,14-15,20-21H2,1-3H3. The Morgan fingerprint density at radius 1 is 0.741 bits per heavy atom. The topological polar surface area (TPSA) is 0 Å². The summed E-state index contributed by atoms with van der Waals surface area (Å²) in [7, 11) is -2.46. The molecule has 0 nitrogen and oxygen atoms in total. The van der Waals surface area contributed by atoms with Crippen molar-refractivity contribution in [3.05, 3.63) is 60.7 Å². The Morgan fingerprint density at radius 3 is 1.74 bits per heavy atom. The van der Waals surface area contributed by atoms with Gasteiger partial charge in [0.05, 0.1) is 0 Å². The van der Waals surface area contributed by atoms with E-state index in [1.165, 1.54) is 36.3 Å². The molecule has 2 atom stereocenters. The number of benzene rings is 2. The van der Waals surface area contributed by atoms with Crippen molar-refractivity contribution in [3.8, 4) is 0 Å². The van der Waals surface area contributed by atoms with Crippen molar-refractivity contribution in [1.29, 1.82) is 0 Å². The van der Waals surface area contributed by atoms with E-state index in [0.29, 0.717) is 6.42 Å². The SMILES string of the molecule is CCCCC(CC)CC[PH](c1ccccc1)(c1ccccc1)C(F)CCC. The second-order valence-electron chi connectivity index (χ2n) is 7.91. The van der Waals surface area contributed by atoms with E-state index in [2.05, 4.69) is 81.4 Å². The molecule has 2 heteroatoms. The summed E-state index contributed by atoms with van der Waals surface area (Å²) in [6, 6.07) is 21.2. The van der Waals surface area contributed by atoms with E-state index in [1.807, 2.05) is 0 Å². The van der Waals surface area contributed by atoms with Crippen LogP contribution in [0, 0.1) is 5.92 Å². The van der Waals surface area contributed by atoms with E-state index in [9.17, 15) is 0 Å². The summed E-state index contributed by atoms with van der Waals surface area (Å²) in [6.07, 6.45) is 8.77. The van der Waals surface area contributed by atoms with Crippen molar-refractivity contribution in [2.75, 3.05) is 6.16 Å². The molecule has 0 fully saturated rings. The van der Waals surface area contributed by atoms with Crippen molar-refractivity contribution in [2.45, 2.75) is 71.6 Å². The number of alkyl halides is 1. The van der Waals surface area contributed by atoms with Crippen LogP contribution >= 0.6 is 7.26 Å². The normalized spacial score (nSPS) is 14.7. The zero-order valence-corrected chi connectivity index (χ0v) is 18.5. The Bertz CT molecular complexity index is 586. The average Bonchev–Trinajstić information content (AvgIpc) is 2.72. The zero-order valence-electron chi connectivity index (χ0n) is 17.5. The zero-order chi connectivity index (χ0) is 19.5. The van der Waals surface area contributed by atoms with Crippen LogP contribution < -0.4 is 10.6 Å². The van der Waals surface area contributed by atoms with Crippen LogP contribution in [0.5, 0.6) is 0 Å². The molecule has 0 heterocycles. The molecular formula is C25H38FP. The van der Waals surface area contributed by atoms with E-state index in [1.54, 1.807) is 0 Å². The van der Waals surface area contributed by atoms with Crippen molar-refractivity contribution < 1.29 is 4.39 Å². The van der Waals surface area contributed by atoms with Gasteiger partial charge in [-0.25, -0.2) is 0 Å². The first kappa shape index (κ1) is 22.1. The first-order valence-electron chi connectivity index (χ1n) is 10.9. The van der Waals surface area contributed by atoms with Gasteiger partial charge in [0.2, 0.25) is 0 Å². The summed E-state index contributed by atoms with van der Waals surface area (Å²) in [4.78, 5) is 0. The van der Waals surface area contributed by atoms with Crippen LogP contribution in [0.25, 0.3) is 0 Å². The van der Waals surface area contributed by atoms with Gasteiger partial charge in [-0.3, -0.25) is 0 Å². The van der Waals surface area contributed by atoms with Gasteiger partial charge in [-0.05, 0) is 0 Å². The Morgan fingerprint density at radius 2 is 1.30 bits per heavy atom. The Kier molecular flexibility index (Phi) is 9.49. The number of halogens is 1. The van der Waals surface area contributed by atoms with Gasteiger partial charge < -0.3 is 0 Å². The van der Waals surface area contributed by atoms with Gasteiger partial charge >= 0.3 is 167 Å². The van der Waals surface area contributed by atoms with Gasteiger partial charge in [0.15, 0.2) is 0 Å². The maximum absolute atomic E-state index is 16.0. The van der Waals surface area contributed by atoms with E-state index >= 15 is 4.39 Å². The van der Waals surface area contributed by atoms with Crippen LogP contribution in [0.2, 0.25) is 0 Å². The molecule has 0 radical (unpaired) electrons. The Balaban J connectivity index is 2.44. The fourth-order valence-electron chi connectivity index (χ4n) is 4.42. The molecule has 0 amide bonds. The Hall–Kier alpha value is -1.20. The van der Waals surface area contributed by atoms with Gasteiger partial charge in [-0.15, -0.1) is 0 Å². The summed E-state index contributed by atoms with van der Waals surface area (Å²) >= 11 is 0. The monoisotopic (exact) mass is 388 g/mol. The minimum atomic E-state index is -2.46. The number of hydrogen-bond acceptors (Lipinski definition) is 0. The maximum atomic E-state index is 16.0. The van der Waals surface area contributed by atoms with Gasteiger partial charge in [0, 0.05) is 0 Å². The van der Waals surface area contributed by atoms with Crippen molar-refractivity contribution in [3.63, 3.8) is 0 Å². The summed E-state index contributed by atoms with van der Waals surface area (Å²) < 4.78 is 16.0. The van der Waals surface area contributed by atoms with Gasteiger partial charge in [0.1, 0.15) is 0 Å². The molecule has 2 unspecified atom stereocenters. The van der Waals surface area contributed by atoms with Crippen LogP contribution in [-0.4, -0.2) is 12.1 Å². The van der Waals surface area contributed by atoms with Crippen molar-refractivity contribution in [1.82, 2.24) is 0 Å². The van der Waals surface area contributed by atoms with Crippen LogP contribution in [0.3, 0.4) is 0 Å². The number of rotatable bonds is 12. The van der Waals surface area contributed by atoms with Crippen LogP contribution in [-0.2, 0) is 0 Å². The van der Waals surface area contributed by atoms with Gasteiger partial charge in [-0.1, -0.05) is 0 Å². The molecule has 2 aromatic rings. The molecule has 0 saturated heterocycles. The van der Waals surface area contributed by atoms with E-state index in [0.717, 1.165) is 24.9 Å². The van der Waals surface area contributed by atoms with Gasteiger partial charge in [0.25, 0.3) is 0 Å². The van der Waals surface area contributed by atoms with E-state index < -0.39 is 13.2 Å². The van der Waals surface area contributed by atoms with Gasteiger partial charge in [-0.2, -0.15) is 0 Å². The van der Waals surface area contributed by atoms with E-state index in [4.69, 9.17) is 0 Å². The molecule has 27 heavy (non-hydrogen) atoms. The van der Waals surface area contributed by atoms with Crippen molar-refractivity contribution in [2.24, 2.45) is 5.92 Å². The fraction of sp³-hybridized carbons (Fsp3) is 0.520. The number of unbranched alkanes of at least 4 members (excludes halogenated alkanes) is 1. The molecule has 0 aliphatic rings. The molecule has 0 saturated carbocycles. The molecule has 2 rings (SSSR count). The average molecular weight is 389 g/mol. The summed E-state index contributed by atoms with van der Waals surface area (Å²) in [6.45, 7) is 6.67. The third-order valence-electron chi connectivity index (χ3n) is 6.14. The molecule has 2 aromatic carbocycles. The van der Waals surface area contributed by atoms with Crippen LogP contribution in [0.1, 0.15) is 65.7 Å². The first-order chi connectivity index (χ1) is 13.2. The summed E-state index contributed by atoms with van der Waals surface area (Å²) in [5.41, 5.74) is 0. The molecule has 0 bridgehead atoms. The van der Waals surface area contributed by atoms with Crippen molar-refractivity contribution >= 4 is 17.9 Å². The molecule has 0 spiro atoms. The fourth-order valence-corrected chi connectivity index (χ4v) is 9.59. The minimum absolute atomic E-state index is 0.668. The molecule has 0 aliphatic heterocycles. The van der Waals surface area contributed by atoms with E-state index in [-0.39, 0.29) is 0 Å².